The number of aryl methyl sites for hydroxylation is 1. The van der Waals surface area contributed by atoms with Crippen LogP contribution in [0.5, 0.6) is 0 Å². The maximum atomic E-state index is 13.3. The largest absolute Gasteiger partial charge is 0.360 e. The van der Waals surface area contributed by atoms with Crippen LogP contribution in [-0.4, -0.2) is 21.4 Å². The second kappa shape index (κ2) is 7.60. The van der Waals surface area contributed by atoms with Gasteiger partial charge in [-0.25, -0.2) is 9.37 Å². The minimum absolute atomic E-state index is 0.301. The number of nitrogens with zero attached hydrogens (tertiary/aromatic N) is 2. The number of carbonyl (C=O) groups excluding carboxylic acids is 1. The second-order valence-electron chi connectivity index (χ2n) is 6.39. The molecule has 6 heteroatoms. The van der Waals surface area contributed by atoms with Gasteiger partial charge in [0.15, 0.2) is 0 Å². The molecule has 1 N–H and O–H groups in total. The highest BCUT2D eigenvalue weighted by atomic mass is 19.1. The van der Waals surface area contributed by atoms with Crippen molar-refractivity contribution in [1.29, 1.82) is 0 Å². The first-order valence-electron chi connectivity index (χ1n) is 9.02. The SMILES string of the molecule is CCc1onc(-c2ccc(F)cc2)c1-c1c[nH]c(-c2ccc(CC=O)cc2)n1. The first kappa shape index (κ1) is 17.9. The van der Waals surface area contributed by atoms with Gasteiger partial charge in [0, 0.05) is 30.2 Å². The molecule has 0 saturated heterocycles. The van der Waals surface area contributed by atoms with E-state index in [9.17, 15) is 9.18 Å². The number of hydrogen-bond donors (Lipinski definition) is 1. The lowest BCUT2D eigenvalue weighted by Gasteiger charge is -2.01. The molecule has 0 amide bonds. The topological polar surface area (TPSA) is 71.8 Å². The van der Waals surface area contributed by atoms with Gasteiger partial charge in [-0.05, 0) is 29.8 Å². The molecular formula is C22H18FN3O2. The molecule has 2 heterocycles. The number of rotatable bonds is 6. The van der Waals surface area contributed by atoms with Crippen LogP contribution < -0.4 is 0 Å². The Morgan fingerprint density at radius 3 is 2.46 bits per heavy atom. The Morgan fingerprint density at radius 1 is 1.07 bits per heavy atom. The minimum atomic E-state index is -0.301. The van der Waals surface area contributed by atoms with E-state index in [1.807, 2.05) is 37.4 Å². The van der Waals surface area contributed by atoms with Crippen molar-refractivity contribution in [3.8, 4) is 33.9 Å². The van der Waals surface area contributed by atoms with E-state index in [-0.39, 0.29) is 5.82 Å². The van der Waals surface area contributed by atoms with Gasteiger partial charge in [-0.15, -0.1) is 0 Å². The van der Waals surface area contributed by atoms with Crippen LogP contribution in [0.15, 0.2) is 59.3 Å². The van der Waals surface area contributed by atoms with Crippen molar-refractivity contribution in [3.05, 3.63) is 71.9 Å². The summed E-state index contributed by atoms with van der Waals surface area (Å²) in [6.07, 6.45) is 3.75. The molecule has 5 nitrogen and oxygen atoms in total. The van der Waals surface area contributed by atoms with Crippen molar-refractivity contribution in [1.82, 2.24) is 15.1 Å². The fourth-order valence-corrected chi connectivity index (χ4v) is 3.13. The van der Waals surface area contributed by atoms with Gasteiger partial charge in [0.2, 0.25) is 0 Å². The van der Waals surface area contributed by atoms with Crippen molar-refractivity contribution >= 4 is 6.29 Å². The van der Waals surface area contributed by atoms with Crippen molar-refractivity contribution < 1.29 is 13.7 Å². The van der Waals surface area contributed by atoms with Gasteiger partial charge in [-0.2, -0.15) is 0 Å². The Labute approximate surface area is 161 Å². The molecule has 0 aliphatic rings. The second-order valence-corrected chi connectivity index (χ2v) is 6.39. The molecule has 0 bridgehead atoms. The number of benzene rings is 2. The number of hydrogen-bond acceptors (Lipinski definition) is 4. The van der Waals surface area contributed by atoms with Crippen molar-refractivity contribution in [3.63, 3.8) is 0 Å². The maximum absolute atomic E-state index is 13.3. The predicted molar refractivity (Wildman–Crippen MR) is 104 cm³/mol. The molecule has 0 fully saturated rings. The van der Waals surface area contributed by atoms with Gasteiger partial charge in [0.25, 0.3) is 0 Å². The van der Waals surface area contributed by atoms with Gasteiger partial charge in [-0.1, -0.05) is 36.3 Å². The van der Waals surface area contributed by atoms with Crippen LogP contribution in [0.4, 0.5) is 4.39 Å². The molecule has 0 radical (unpaired) electrons. The van der Waals surface area contributed by atoms with Gasteiger partial charge in [0.1, 0.15) is 29.4 Å². The molecule has 0 aliphatic carbocycles. The third-order valence-corrected chi connectivity index (χ3v) is 4.58. The standard InChI is InChI=1S/C22H18FN3O2/c1-2-19-20(21(26-28-19)15-7-9-17(23)10-8-15)18-13-24-22(25-18)16-5-3-14(4-6-16)11-12-27/h3-10,12-13H,2,11H2,1H3,(H,24,25). The van der Waals surface area contributed by atoms with E-state index in [1.54, 1.807) is 12.1 Å². The zero-order chi connectivity index (χ0) is 19.5. The van der Waals surface area contributed by atoms with E-state index in [2.05, 4.69) is 10.1 Å². The smallest absolute Gasteiger partial charge is 0.146 e. The lowest BCUT2D eigenvalue weighted by atomic mass is 10.0. The summed E-state index contributed by atoms with van der Waals surface area (Å²) in [5, 5.41) is 4.19. The van der Waals surface area contributed by atoms with Crippen molar-refractivity contribution in [2.24, 2.45) is 0 Å². The van der Waals surface area contributed by atoms with Crippen LogP contribution in [0, 0.1) is 5.82 Å². The maximum Gasteiger partial charge on any atom is 0.146 e. The van der Waals surface area contributed by atoms with Crippen LogP contribution in [0.2, 0.25) is 0 Å². The quantitative estimate of drug-likeness (QED) is 0.490. The van der Waals surface area contributed by atoms with E-state index in [1.165, 1.54) is 12.1 Å². The Hall–Kier alpha value is -3.54. The van der Waals surface area contributed by atoms with E-state index < -0.39 is 0 Å². The Balaban J connectivity index is 1.73. The zero-order valence-electron chi connectivity index (χ0n) is 15.3. The Morgan fingerprint density at radius 2 is 1.79 bits per heavy atom. The molecule has 0 atom stereocenters. The normalized spacial score (nSPS) is 10.9. The summed E-state index contributed by atoms with van der Waals surface area (Å²) >= 11 is 0. The third-order valence-electron chi connectivity index (χ3n) is 4.58. The Kier molecular flexibility index (Phi) is 4.85. The monoisotopic (exact) mass is 375 g/mol. The fourth-order valence-electron chi connectivity index (χ4n) is 3.13. The number of halogens is 1. The van der Waals surface area contributed by atoms with E-state index in [4.69, 9.17) is 9.51 Å². The number of carbonyl (C=O) groups is 1. The molecule has 28 heavy (non-hydrogen) atoms. The summed E-state index contributed by atoms with van der Waals surface area (Å²) in [4.78, 5) is 18.5. The van der Waals surface area contributed by atoms with Crippen LogP contribution in [0.1, 0.15) is 18.2 Å². The zero-order valence-corrected chi connectivity index (χ0v) is 15.3. The predicted octanol–water partition coefficient (Wildman–Crippen LogP) is 4.84. The van der Waals surface area contributed by atoms with Crippen LogP contribution in [0.25, 0.3) is 33.9 Å². The van der Waals surface area contributed by atoms with Gasteiger partial charge in [0.05, 0.1) is 11.3 Å². The van der Waals surface area contributed by atoms with Crippen LogP contribution in [0.3, 0.4) is 0 Å². The number of aromatic amines is 1. The summed E-state index contributed by atoms with van der Waals surface area (Å²) in [5.41, 5.74) is 4.78. The highest BCUT2D eigenvalue weighted by Gasteiger charge is 2.21. The average molecular weight is 375 g/mol. The molecule has 4 rings (SSSR count). The molecule has 140 valence electrons. The number of nitrogens with one attached hydrogen (secondary N) is 1. The fraction of sp³-hybridized carbons (Fsp3) is 0.136. The van der Waals surface area contributed by atoms with Crippen LogP contribution in [-0.2, 0) is 17.6 Å². The molecule has 4 aromatic rings. The van der Waals surface area contributed by atoms with E-state index >= 15 is 0 Å². The molecule has 0 aliphatic heterocycles. The number of imidazole rings is 1. The minimum Gasteiger partial charge on any atom is -0.360 e. The molecule has 0 unspecified atom stereocenters. The molecule has 2 aromatic carbocycles. The summed E-state index contributed by atoms with van der Waals surface area (Å²) in [7, 11) is 0. The highest BCUT2D eigenvalue weighted by molar-refractivity contribution is 5.81. The molecular weight excluding hydrogens is 357 g/mol. The number of aldehydes is 1. The summed E-state index contributed by atoms with van der Waals surface area (Å²) in [6, 6.07) is 13.8. The number of aromatic nitrogens is 3. The van der Waals surface area contributed by atoms with Crippen molar-refractivity contribution in [2.45, 2.75) is 19.8 Å². The summed E-state index contributed by atoms with van der Waals surface area (Å²) in [5.74, 6) is 1.13. The average Bonchev–Trinajstić information content (AvgIpc) is 3.36. The molecule has 0 spiro atoms. The molecule has 0 saturated carbocycles. The van der Waals surface area contributed by atoms with E-state index in [0.29, 0.717) is 30.1 Å². The van der Waals surface area contributed by atoms with Gasteiger partial charge >= 0.3 is 0 Å². The first-order valence-corrected chi connectivity index (χ1v) is 9.02. The Bertz CT molecular complexity index is 1100. The summed E-state index contributed by atoms with van der Waals surface area (Å²) in [6.45, 7) is 1.98. The number of H-pyrrole nitrogens is 1. The summed E-state index contributed by atoms with van der Waals surface area (Å²) < 4.78 is 18.8. The van der Waals surface area contributed by atoms with E-state index in [0.717, 1.165) is 34.3 Å². The third kappa shape index (κ3) is 3.36. The highest BCUT2D eigenvalue weighted by Crippen LogP contribution is 2.35. The van der Waals surface area contributed by atoms with Gasteiger partial charge < -0.3 is 14.3 Å². The molecule has 2 aromatic heterocycles. The lowest BCUT2D eigenvalue weighted by Crippen LogP contribution is -1.88. The lowest BCUT2D eigenvalue weighted by molar-refractivity contribution is -0.107. The van der Waals surface area contributed by atoms with Gasteiger partial charge in [-0.3, -0.25) is 0 Å². The van der Waals surface area contributed by atoms with Crippen LogP contribution >= 0.6 is 0 Å². The first-order chi connectivity index (χ1) is 13.7. The van der Waals surface area contributed by atoms with Crippen molar-refractivity contribution in [2.75, 3.05) is 0 Å².